The molecule has 0 amide bonds. The zero-order valence-electron chi connectivity index (χ0n) is 14.5. The van der Waals surface area contributed by atoms with E-state index in [0.29, 0.717) is 24.9 Å². The van der Waals surface area contributed by atoms with Crippen LogP contribution in [0.4, 0.5) is 0 Å². The predicted molar refractivity (Wildman–Crippen MR) is 88.7 cm³/mol. The third-order valence-corrected chi connectivity index (χ3v) is 5.72. The van der Waals surface area contributed by atoms with E-state index in [0.717, 1.165) is 50.5 Å². The van der Waals surface area contributed by atoms with E-state index in [2.05, 4.69) is 13.5 Å². The van der Waals surface area contributed by atoms with Crippen LogP contribution in [0, 0.1) is 17.3 Å². The number of fused-ring (bicyclic) bond motifs is 1. The molecule has 0 radical (unpaired) electrons. The van der Waals surface area contributed by atoms with Crippen molar-refractivity contribution in [1.82, 2.24) is 0 Å². The second-order valence-electron chi connectivity index (χ2n) is 8.14. The van der Waals surface area contributed by atoms with Crippen LogP contribution in [0.25, 0.3) is 0 Å². The molecule has 2 rings (SSSR count). The summed E-state index contributed by atoms with van der Waals surface area (Å²) in [6.45, 7) is 11.4. The number of aliphatic hydroxyl groups is 1. The number of Topliss-reactive ketones (excluding diaryl/α,β-unsaturated/α-hetero) is 1. The predicted octanol–water partition coefficient (Wildman–Crippen LogP) is 3.90. The van der Waals surface area contributed by atoms with E-state index < -0.39 is 5.60 Å². The Balaban J connectivity index is 1.79. The summed E-state index contributed by atoms with van der Waals surface area (Å²) in [6.07, 6.45) is 6.66. The Kier molecular flexibility index (Phi) is 5.50. The topological polar surface area (TPSA) is 46.5 Å². The first-order valence-corrected chi connectivity index (χ1v) is 8.74. The van der Waals surface area contributed by atoms with Gasteiger partial charge >= 0.3 is 0 Å². The molecular formula is C19H32O3. The Morgan fingerprint density at radius 3 is 2.86 bits per heavy atom. The van der Waals surface area contributed by atoms with Crippen molar-refractivity contribution >= 4 is 5.78 Å². The van der Waals surface area contributed by atoms with E-state index in [1.54, 1.807) is 0 Å². The molecule has 0 heterocycles. The zero-order chi connectivity index (χ0) is 16.4. The van der Waals surface area contributed by atoms with Crippen LogP contribution in [0.2, 0.25) is 0 Å². The number of carbonyl (C=O) groups excluding carboxylic acids is 1. The Morgan fingerprint density at radius 1 is 1.45 bits per heavy atom. The summed E-state index contributed by atoms with van der Waals surface area (Å²) in [4.78, 5) is 12.2. The lowest BCUT2D eigenvalue weighted by Crippen LogP contribution is -2.38. The molecule has 0 aromatic carbocycles. The van der Waals surface area contributed by atoms with Gasteiger partial charge in [-0.3, -0.25) is 4.79 Å². The molecule has 0 aromatic heterocycles. The van der Waals surface area contributed by atoms with Gasteiger partial charge < -0.3 is 9.84 Å². The summed E-state index contributed by atoms with van der Waals surface area (Å²) in [6, 6.07) is 0. The highest BCUT2D eigenvalue weighted by atomic mass is 16.5. The maximum Gasteiger partial charge on any atom is 0.136 e. The van der Waals surface area contributed by atoms with Gasteiger partial charge in [-0.25, -0.2) is 0 Å². The molecule has 0 spiro atoms. The molecule has 0 unspecified atom stereocenters. The van der Waals surface area contributed by atoms with Gasteiger partial charge in [0.1, 0.15) is 5.78 Å². The summed E-state index contributed by atoms with van der Waals surface area (Å²) < 4.78 is 5.76. The molecule has 2 aliphatic rings. The number of hydrogen-bond acceptors (Lipinski definition) is 3. The highest BCUT2D eigenvalue weighted by Crippen LogP contribution is 2.56. The summed E-state index contributed by atoms with van der Waals surface area (Å²) >= 11 is 0. The van der Waals surface area contributed by atoms with E-state index in [1.165, 1.54) is 0 Å². The van der Waals surface area contributed by atoms with Crippen LogP contribution >= 0.6 is 0 Å². The number of ketones is 1. The van der Waals surface area contributed by atoms with Gasteiger partial charge in [0.15, 0.2) is 0 Å². The zero-order valence-corrected chi connectivity index (χ0v) is 14.5. The largest absolute Gasteiger partial charge is 0.390 e. The fourth-order valence-electron chi connectivity index (χ4n) is 4.51. The number of rotatable bonds is 7. The van der Waals surface area contributed by atoms with Crippen molar-refractivity contribution in [3.63, 3.8) is 0 Å². The Hall–Kier alpha value is -0.670. The first kappa shape index (κ1) is 17.7. The third-order valence-electron chi connectivity index (χ3n) is 5.72. The molecule has 2 aliphatic carbocycles. The van der Waals surface area contributed by atoms with E-state index in [-0.39, 0.29) is 11.3 Å². The molecule has 0 saturated heterocycles. The van der Waals surface area contributed by atoms with Gasteiger partial charge in [-0.05, 0) is 69.3 Å². The molecule has 22 heavy (non-hydrogen) atoms. The first-order valence-electron chi connectivity index (χ1n) is 8.74. The van der Waals surface area contributed by atoms with Crippen LogP contribution in [0.5, 0.6) is 0 Å². The standard InChI is InChI=1S/C19H32O3/c1-14(13-22-12-6-10-18(2,3)21)15-8-9-16-17(20)7-5-11-19(15,16)4/h15-16,21H,1,5-13H2,2-4H3/t15-,16+,19-/m1/s1. The lowest BCUT2D eigenvalue weighted by atomic mass is 9.63. The minimum Gasteiger partial charge on any atom is -0.390 e. The van der Waals surface area contributed by atoms with E-state index in [1.807, 2.05) is 13.8 Å². The highest BCUT2D eigenvalue weighted by molar-refractivity contribution is 5.83. The normalized spacial score (nSPS) is 32.1. The lowest BCUT2D eigenvalue weighted by molar-refractivity contribution is -0.129. The van der Waals surface area contributed by atoms with Gasteiger partial charge in [-0.15, -0.1) is 0 Å². The van der Waals surface area contributed by atoms with Crippen molar-refractivity contribution in [2.24, 2.45) is 17.3 Å². The van der Waals surface area contributed by atoms with Crippen molar-refractivity contribution in [1.29, 1.82) is 0 Å². The van der Waals surface area contributed by atoms with E-state index in [9.17, 15) is 9.90 Å². The molecule has 2 saturated carbocycles. The molecule has 0 bridgehead atoms. The lowest BCUT2D eigenvalue weighted by Gasteiger charge is -2.40. The number of carbonyl (C=O) groups is 1. The first-order chi connectivity index (χ1) is 10.2. The van der Waals surface area contributed by atoms with Crippen molar-refractivity contribution in [2.45, 2.75) is 71.3 Å². The van der Waals surface area contributed by atoms with Crippen LogP contribution in [-0.2, 0) is 9.53 Å². The molecular weight excluding hydrogens is 276 g/mol. The van der Waals surface area contributed by atoms with Gasteiger partial charge in [0.2, 0.25) is 0 Å². The van der Waals surface area contributed by atoms with Crippen molar-refractivity contribution in [3.8, 4) is 0 Å². The molecule has 1 N–H and O–H groups in total. The third kappa shape index (κ3) is 3.99. The Labute approximate surface area is 135 Å². The molecule has 3 atom stereocenters. The molecule has 3 heteroatoms. The summed E-state index contributed by atoms with van der Waals surface area (Å²) in [5.74, 6) is 1.14. The van der Waals surface area contributed by atoms with Crippen LogP contribution in [0.15, 0.2) is 12.2 Å². The van der Waals surface area contributed by atoms with Crippen LogP contribution < -0.4 is 0 Å². The van der Waals surface area contributed by atoms with Crippen molar-refractivity contribution in [3.05, 3.63) is 12.2 Å². The van der Waals surface area contributed by atoms with Crippen LogP contribution in [0.3, 0.4) is 0 Å². The summed E-state index contributed by atoms with van der Waals surface area (Å²) in [5, 5.41) is 9.68. The summed E-state index contributed by atoms with van der Waals surface area (Å²) in [5.41, 5.74) is 0.653. The van der Waals surface area contributed by atoms with Crippen LogP contribution in [0.1, 0.15) is 65.7 Å². The average molecular weight is 308 g/mol. The maximum absolute atomic E-state index is 12.2. The maximum atomic E-state index is 12.2. The Morgan fingerprint density at radius 2 is 2.18 bits per heavy atom. The second-order valence-corrected chi connectivity index (χ2v) is 8.14. The molecule has 2 fully saturated rings. The fraction of sp³-hybridized carbons (Fsp3) is 0.842. The van der Waals surface area contributed by atoms with Gasteiger partial charge in [0, 0.05) is 18.9 Å². The van der Waals surface area contributed by atoms with E-state index in [4.69, 9.17) is 4.74 Å². The number of ether oxygens (including phenoxy) is 1. The highest BCUT2D eigenvalue weighted by Gasteiger charge is 2.51. The minimum atomic E-state index is -0.616. The second kappa shape index (κ2) is 6.84. The number of hydrogen-bond donors (Lipinski definition) is 1. The molecule has 3 nitrogen and oxygen atoms in total. The smallest absolute Gasteiger partial charge is 0.136 e. The minimum absolute atomic E-state index is 0.114. The molecule has 126 valence electrons. The monoisotopic (exact) mass is 308 g/mol. The SMILES string of the molecule is C=C(COCCCC(C)(C)O)[C@H]1CC[C@H]2C(=O)CCC[C@]12C. The summed E-state index contributed by atoms with van der Waals surface area (Å²) in [7, 11) is 0. The quantitative estimate of drug-likeness (QED) is 0.573. The molecule has 0 aromatic rings. The average Bonchev–Trinajstić information content (AvgIpc) is 2.75. The van der Waals surface area contributed by atoms with Gasteiger partial charge in [0.05, 0.1) is 12.2 Å². The Bertz CT molecular complexity index is 421. The van der Waals surface area contributed by atoms with Crippen molar-refractivity contribution < 1.29 is 14.6 Å². The van der Waals surface area contributed by atoms with Crippen LogP contribution in [-0.4, -0.2) is 29.7 Å². The van der Waals surface area contributed by atoms with Gasteiger partial charge in [-0.1, -0.05) is 13.5 Å². The molecule has 0 aliphatic heterocycles. The van der Waals surface area contributed by atoms with Gasteiger partial charge in [-0.2, -0.15) is 0 Å². The fourth-order valence-corrected chi connectivity index (χ4v) is 4.51. The van der Waals surface area contributed by atoms with Crippen molar-refractivity contribution in [2.75, 3.05) is 13.2 Å². The van der Waals surface area contributed by atoms with E-state index >= 15 is 0 Å². The van der Waals surface area contributed by atoms with Gasteiger partial charge in [0.25, 0.3) is 0 Å².